The van der Waals surface area contributed by atoms with Crippen molar-refractivity contribution in [3.05, 3.63) is 23.8 Å². The van der Waals surface area contributed by atoms with Gasteiger partial charge in [-0.25, -0.2) is 4.79 Å². The fourth-order valence-electron chi connectivity index (χ4n) is 4.54. The van der Waals surface area contributed by atoms with Crippen LogP contribution in [0.2, 0.25) is 0 Å². The lowest BCUT2D eigenvalue weighted by atomic mass is 9.86. The molecule has 2 amide bonds. The number of rotatable bonds is 1. The summed E-state index contributed by atoms with van der Waals surface area (Å²) >= 11 is 0. The summed E-state index contributed by atoms with van der Waals surface area (Å²) in [7, 11) is 0. The van der Waals surface area contributed by atoms with Crippen LogP contribution in [0.25, 0.3) is 0 Å². The Morgan fingerprint density at radius 1 is 1.19 bits per heavy atom. The first-order chi connectivity index (χ1) is 12.6. The van der Waals surface area contributed by atoms with Crippen molar-refractivity contribution in [3.8, 4) is 0 Å². The molecule has 0 aliphatic carbocycles. The Morgan fingerprint density at radius 2 is 1.81 bits per heavy atom. The third kappa shape index (κ3) is 3.05. The molecular formula is C21H29N3O3. The summed E-state index contributed by atoms with van der Waals surface area (Å²) in [5.41, 5.74) is 2.14. The van der Waals surface area contributed by atoms with E-state index in [-0.39, 0.29) is 12.0 Å². The van der Waals surface area contributed by atoms with Gasteiger partial charge < -0.3 is 19.9 Å². The lowest BCUT2D eigenvalue weighted by Crippen LogP contribution is -2.56. The Hall–Kier alpha value is -2.24. The Bertz CT molecular complexity index is 782. The van der Waals surface area contributed by atoms with Gasteiger partial charge in [0.05, 0.1) is 5.41 Å². The normalized spacial score (nSPS) is 26.0. The van der Waals surface area contributed by atoms with Gasteiger partial charge in [0.2, 0.25) is 5.91 Å². The van der Waals surface area contributed by atoms with Gasteiger partial charge in [0.25, 0.3) is 0 Å². The second-order valence-corrected chi connectivity index (χ2v) is 9.49. The molecule has 3 heterocycles. The lowest BCUT2D eigenvalue weighted by molar-refractivity contribution is -0.119. The van der Waals surface area contributed by atoms with Crippen LogP contribution in [-0.2, 0) is 14.9 Å². The highest BCUT2D eigenvalue weighted by Gasteiger charge is 2.44. The monoisotopic (exact) mass is 371 g/mol. The number of ether oxygens (including phenoxy) is 1. The number of carbonyl (C=O) groups excluding carboxylic acids is 2. The number of carbonyl (C=O) groups is 2. The van der Waals surface area contributed by atoms with Crippen LogP contribution in [0.5, 0.6) is 0 Å². The number of nitrogens with one attached hydrogen (secondary N) is 1. The van der Waals surface area contributed by atoms with Crippen LogP contribution in [0.15, 0.2) is 18.2 Å². The van der Waals surface area contributed by atoms with E-state index in [9.17, 15) is 9.59 Å². The van der Waals surface area contributed by atoms with E-state index in [1.54, 1.807) is 0 Å². The number of fused-ring (bicyclic) bond motifs is 3. The second kappa shape index (κ2) is 5.88. The molecule has 2 bridgehead atoms. The molecule has 3 aliphatic rings. The number of likely N-dealkylation sites (tertiary alicyclic amines) is 1. The quantitative estimate of drug-likeness (QED) is 0.821. The maximum Gasteiger partial charge on any atom is 0.410 e. The molecule has 3 aliphatic heterocycles. The molecule has 0 radical (unpaired) electrons. The average molecular weight is 371 g/mol. The van der Waals surface area contributed by atoms with E-state index in [4.69, 9.17) is 4.74 Å². The van der Waals surface area contributed by atoms with Crippen molar-refractivity contribution >= 4 is 23.4 Å². The Morgan fingerprint density at radius 3 is 2.41 bits per heavy atom. The number of hydrogen-bond acceptors (Lipinski definition) is 4. The predicted molar refractivity (Wildman–Crippen MR) is 105 cm³/mol. The van der Waals surface area contributed by atoms with Gasteiger partial charge in [-0.2, -0.15) is 0 Å². The first kappa shape index (κ1) is 18.1. The van der Waals surface area contributed by atoms with E-state index in [1.807, 2.05) is 39.5 Å². The van der Waals surface area contributed by atoms with Crippen molar-refractivity contribution in [1.29, 1.82) is 0 Å². The minimum absolute atomic E-state index is 0.0485. The molecule has 6 heteroatoms. The van der Waals surface area contributed by atoms with E-state index in [2.05, 4.69) is 28.4 Å². The van der Waals surface area contributed by atoms with E-state index in [1.165, 1.54) is 0 Å². The summed E-state index contributed by atoms with van der Waals surface area (Å²) in [6.07, 6.45) is 1.92. The van der Waals surface area contributed by atoms with Gasteiger partial charge >= 0.3 is 6.09 Å². The number of piperazine rings is 1. The molecule has 1 N–H and O–H groups in total. The van der Waals surface area contributed by atoms with E-state index >= 15 is 0 Å². The highest BCUT2D eigenvalue weighted by atomic mass is 16.6. The molecule has 1 aromatic rings. The molecule has 0 saturated carbocycles. The zero-order valence-electron chi connectivity index (χ0n) is 16.8. The van der Waals surface area contributed by atoms with Crippen molar-refractivity contribution in [2.45, 2.75) is 70.6 Å². The number of benzene rings is 1. The largest absolute Gasteiger partial charge is 0.444 e. The third-order valence-electron chi connectivity index (χ3n) is 5.92. The fourth-order valence-corrected chi connectivity index (χ4v) is 4.54. The van der Waals surface area contributed by atoms with Gasteiger partial charge in [-0.05, 0) is 65.2 Å². The summed E-state index contributed by atoms with van der Waals surface area (Å²) in [6.45, 7) is 11.0. The van der Waals surface area contributed by atoms with Gasteiger partial charge in [-0.3, -0.25) is 4.79 Å². The summed E-state index contributed by atoms with van der Waals surface area (Å²) in [6, 6.07) is 6.87. The van der Waals surface area contributed by atoms with Crippen molar-refractivity contribution < 1.29 is 14.3 Å². The van der Waals surface area contributed by atoms with Crippen LogP contribution in [0, 0.1) is 0 Å². The van der Waals surface area contributed by atoms with E-state index in [0.29, 0.717) is 25.2 Å². The lowest BCUT2D eigenvalue weighted by Gasteiger charge is -2.42. The van der Waals surface area contributed by atoms with Crippen LogP contribution in [0.3, 0.4) is 0 Å². The van der Waals surface area contributed by atoms with Crippen LogP contribution in [-0.4, -0.2) is 47.7 Å². The molecule has 2 atom stereocenters. The van der Waals surface area contributed by atoms with Crippen LogP contribution in [0.4, 0.5) is 16.2 Å². The van der Waals surface area contributed by atoms with Crippen molar-refractivity contribution in [3.63, 3.8) is 0 Å². The maximum atomic E-state index is 12.5. The Balaban J connectivity index is 1.54. The van der Waals surface area contributed by atoms with Crippen LogP contribution >= 0.6 is 0 Å². The summed E-state index contributed by atoms with van der Waals surface area (Å²) in [5.74, 6) is 0.0485. The average Bonchev–Trinajstić information content (AvgIpc) is 2.94. The number of nitrogens with zero attached hydrogens (tertiary/aromatic N) is 2. The Labute approximate surface area is 160 Å². The first-order valence-electron chi connectivity index (χ1n) is 9.78. The van der Waals surface area contributed by atoms with Gasteiger partial charge in [0, 0.05) is 36.5 Å². The summed E-state index contributed by atoms with van der Waals surface area (Å²) in [5, 5.41) is 3.02. The van der Waals surface area contributed by atoms with Crippen molar-refractivity contribution in [1.82, 2.24) is 4.90 Å². The smallest absolute Gasteiger partial charge is 0.410 e. The number of amides is 2. The number of hydrogen-bond donors (Lipinski definition) is 1. The van der Waals surface area contributed by atoms with Crippen molar-refractivity contribution in [2.75, 3.05) is 23.3 Å². The summed E-state index contributed by atoms with van der Waals surface area (Å²) in [4.78, 5) is 29.0. The first-order valence-corrected chi connectivity index (χ1v) is 9.78. The SMILES string of the molecule is CC(C)(C)OC(=O)N1CC2CCC(C1)N2c1ccc2c(c1)NC(=O)C2(C)C. The molecule has 27 heavy (non-hydrogen) atoms. The molecule has 146 valence electrons. The second-order valence-electron chi connectivity index (χ2n) is 9.49. The topological polar surface area (TPSA) is 61.9 Å². The molecule has 4 rings (SSSR count). The molecule has 2 unspecified atom stereocenters. The third-order valence-corrected chi connectivity index (χ3v) is 5.92. The molecule has 0 spiro atoms. The van der Waals surface area contributed by atoms with E-state index < -0.39 is 11.0 Å². The highest BCUT2D eigenvalue weighted by Crippen LogP contribution is 2.42. The fraction of sp³-hybridized carbons (Fsp3) is 0.619. The highest BCUT2D eigenvalue weighted by molar-refractivity contribution is 6.06. The molecule has 6 nitrogen and oxygen atoms in total. The van der Waals surface area contributed by atoms with E-state index in [0.717, 1.165) is 29.8 Å². The van der Waals surface area contributed by atoms with Gasteiger partial charge in [-0.15, -0.1) is 0 Å². The van der Waals surface area contributed by atoms with Crippen LogP contribution < -0.4 is 10.2 Å². The minimum atomic E-state index is -0.484. The molecule has 0 aromatic heterocycles. The molecule has 2 fully saturated rings. The van der Waals surface area contributed by atoms with Gasteiger partial charge in [-0.1, -0.05) is 6.07 Å². The molecule has 2 saturated heterocycles. The maximum absolute atomic E-state index is 12.5. The molecular weight excluding hydrogens is 342 g/mol. The number of anilines is 2. The zero-order chi connectivity index (χ0) is 19.6. The van der Waals surface area contributed by atoms with Gasteiger partial charge in [0.1, 0.15) is 5.60 Å². The summed E-state index contributed by atoms with van der Waals surface area (Å²) < 4.78 is 5.56. The van der Waals surface area contributed by atoms with Gasteiger partial charge in [0.15, 0.2) is 0 Å². The molecule has 1 aromatic carbocycles. The standard InChI is InChI=1S/C21H29N3O3/c1-20(2,3)27-19(26)23-11-14-6-7-15(12-23)24(14)13-8-9-16-17(10-13)22-18(25)21(16,4)5/h8-10,14-15H,6-7,11-12H2,1-5H3,(H,22,25). The Kier molecular flexibility index (Phi) is 3.95. The zero-order valence-corrected chi connectivity index (χ0v) is 16.8. The predicted octanol–water partition coefficient (Wildman–Crippen LogP) is 3.50. The minimum Gasteiger partial charge on any atom is -0.444 e. The van der Waals surface area contributed by atoms with Crippen molar-refractivity contribution in [2.24, 2.45) is 0 Å². The van der Waals surface area contributed by atoms with Crippen LogP contribution in [0.1, 0.15) is 53.0 Å².